The number of carbonyl (C=O) groups is 2. The number of methoxy groups -OCH3 is 2. The monoisotopic (exact) mass is 419 g/mol. The molecule has 0 N–H and O–H groups in total. The Labute approximate surface area is 170 Å². The average Bonchev–Trinajstić information content (AvgIpc) is 2.73. The van der Waals surface area contributed by atoms with Crippen LogP contribution in [0.15, 0.2) is 66.0 Å². The molecule has 0 radical (unpaired) electrons. The van der Waals surface area contributed by atoms with Crippen molar-refractivity contribution in [2.45, 2.75) is 5.92 Å². The normalized spacial score (nSPS) is 14.2. The van der Waals surface area contributed by atoms with Gasteiger partial charge in [0.25, 0.3) is 0 Å². The highest BCUT2D eigenvalue weighted by atomic mass is 35.5. The lowest BCUT2D eigenvalue weighted by Crippen LogP contribution is -2.28. The second-order valence-corrected chi connectivity index (χ2v) is 6.55. The van der Waals surface area contributed by atoms with Gasteiger partial charge in [-0.1, -0.05) is 23.7 Å². The molecule has 0 unspecified atom stereocenters. The summed E-state index contributed by atoms with van der Waals surface area (Å²) in [7, 11) is 2.39. The first-order valence-electron chi connectivity index (χ1n) is 8.44. The van der Waals surface area contributed by atoms with E-state index in [1.165, 1.54) is 61.9 Å². The highest BCUT2D eigenvalue weighted by Crippen LogP contribution is 2.39. The number of hydrogen-bond acceptors (Lipinski definition) is 5. The molecule has 0 saturated carbocycles. The van der Waals surface area contributed by atoms with Crippen molar-refractivity contribution in [3.05, 3.63) is 88.2 Å². The molecule has 5 nitrogen and oxygen atoms in total. The smallest absolute Gasteiger partial charge is 0.336 e. The van der Waals surface area contributed by atoms with Crippen LogP contribution < -0.4 is 4.90 Å². The molecule has 0 amide bonds. The minimum Gasteiger partial charge on any atom is -0.466 e. The Hall–Kier alpha value is -3.19. The Morgan fingerprint density at radius 1 is 0.966 bits per heavy atom. The summed E-state index contributed by atoms with van der Waals surface area (Å²) in [5.41, 5.74) is 0.912. The van der Waals surface area contributed by atoms with Crippen molar-refractivity contribution < 1.29 is 27.8 Å². The van der Waals surface area contributed by atoms with Crippen molar-refractivity contribution in [2.24, 2.45) is 0 Å². The van der Waals surface area contributed by atoms with E-state index in [-0.39, 0.29) is 16.2 Å². The number of benzene rings is 2. The SMILES string of the molecule is COC(=O)C1=CN(c2ccc(F)c(Cl)c2)C=C(C(=O)OC)C1c1cccc(F)c1. The maximum absolute atomic E-state index is 13.8. The van der Waals surface area contributed by atoms with Gasteiger partial charge in [0.1, 0.15) is 11.6 Å². The van der Waals surface area contributed by atoms with Gasteiger partial charge in [0.15, 0.2) is 0 Å². The molecular formula is C21H16ClF2NO4. The highest BCUT2D eigenvalue weighted by molar-refractivity contribution is 6.31. The molecular weight excluding hydrogens is 404 g/mol. The van der Waals surface area contributed by atoms with Crippen LogP contribution in [0.1, 0.15) is 11.5 Å². The molecule has 0 aliphatic carbocycles. The Morgan fingerprint density at radius 3 is 2.10 bits per heavy atom. The lowest BCUT2D eigenvalue weighted by Gasteiger charge is -2.30. The van der Waals surface area contributed by atoms with E-state index in [1.54, 1.807) is 6.07 Å². The third-order valence-corrected chi connectivity index (χ3v) is 4.69. The van der Waals surface area contributed by atoms with E-state index in [2.05, 4.69) is 0 Å². The van der Waals surface area contributed by atoms with Crippen LogP contribution in [0.4, 0.5) is 14.5 Å². The summed E-state index contributed by atoms with van der Waals surface area (Å²) in [5.74, 6) is -3.49. The standard InChI is InChI=1S/C21H16ClF2NO4/c1-28-20(26)15-10-25(14-6-7-18(24)17(22)9-14)11-16(21(27)29-2)19(15)12-4-3-5-13(23)8-12/h3-11,19H,1-2H3. The molecule has 1 heterocycles. The lowest BCUT2D eigenvalue weighted by atomic mass is 9.83. The molecule has 0 spiro atoms. The first-order valence-corrected chi connectivity index (χ1v) is 8.82. The maximum atomic E-state index is 13.8. The summed E-state index contributed by atoms with van der Waals surface area (Å²) in [6.45, 7) is 0. The summed E-state index contributed by atoms with van der Waals surface area (Å²) in [6, 6.07) is 9.47. The number of halogens is 3. The Bertz CT molecular complexity index is 1000. The number of hydrogen-bond donors (Lipinski definition) is 0. The first-order chi connectivity index (χ1) is 13.8. The van der Waals surface area contributed by atoms with Crippen LogP contribution in [0.2, 0.25) is 5.02 Å². The quantitative estimate of drug-likeness (QED) is 0.690. The molecule has 0 fully saturated rings. The molecule has 150 valence electrons. The predicted octanol–water partition coefficient (Wildman–Crippen LogP) is 4.34. The van der Waals surface area contributed by atoms with Crippen LogP contribution in [0.5, 0.6) is 0 Å². The van der Waals surface area contributed by atoms with Crippen molar-refractivity contribution >= 4 is 29.2 Å². The van der Waals surface area contributed by atoms with Gasteiger partial charge < -0.3 is 14.4 Å². The Morgan fingerprint density at radius 2 is 1.59 bits per heavy atom. The fourth-order valence-electron chi connectivity index (χ4n) is 3.07. The molecule has 1 aliphatic heterocycles. The minimum absolute atomic E-state index is 0.0708. The summed E-state index contributed by atoms with van der Waals surface area (Å²) >= 11 is 5.86. The number of anilines is 1. The predicted molar refractivity (Wildman–Crippen MR) is 103 cm³/mol. The molecule has 29 heavy (non-hydrogen) atoms. The van der Waals surface area contributed by atoms with Gasteiger partial charge >= 0.3 is 11.9 Å². The second kappa shape index (κ2) is 8.45. The van der Waals surface area contributed by atoms with Gasteiger partial charge in [-0.25, -0.2) is 18.4 Å². The van der Waals surface area contributed by atoms with Crippen molar-refractivity contribution in [1.29, 1.82) is 0 Å². The fraction of sp³-hybridized carbons (Fsp3) is 0.143. The molecule has 0 bridgehead atoms. The van der Waals surface area contributed by atoms with E-state index in [0.717, 1.165) is 6.07 Å². The summed E-state index contributed by atoms with van der Waals surface area (Å²) in [4.78, 5) is 26.5. The number of rotatable bonds is 4. The molecule has 0 aromatic heterocycles. The van der Waals surface area contributed by atoms with Crippen LogP contribution in [0.3, 0.4) is 0 Å². The van der Waals surface area contributed by atoms with Crippen molar-refractivity contribution in [3.63, 3.8) is 0 Å². The maximum Gasteiger partial charge on any atom is 0.336 e. The third kappa shape index (κ3) is 4.14. The topological polar surface area (TPSA) is 55.8 Å². The lowest BCUT2D eigenvalue weighted by molar-refractivity contribution is -0.137. The third-order valence-electron chi connectivity index (χ3n) is 4.40. The van der Waals surface area contributed by atoms with E-state index in [1.807, 2.05) is 0 Å². The largest absolute Gasteiger partial charge is 0.466 e. The molecule has 2 aromatic rings. The zero-order valence-corrected chi connectivity index (χ0v) is 16.2. The zero-order valence-electron chi connectivity index (χ0n) is 15.5. The van der Waals surface area contributed by atoms with Crippen LogP contribution in [0, 0.1) is 11.6 Å². The van der Waals surface area contributed by atoms with Crippen LogP contribution >= 0.6 is 11.6 Å². The summed E-state index contributed by atoms with van der Waals surface area (Å²) in [5, 5.41) is -0.129. The van der Waals surface area contributed by atoms with Crippen LogP contribution in [-0.2, 0) is 19.1 Å². The number of esters is 2. The van der Waals surface area contributed by atoms with E-state index in [4.69, 9.17) is 21.1 Å². The molecule has 2 aromatic carbocycles. The van der Waals surface area contributed by atoms with Gasteiger partial charge in [-0.3, -0.25) is 0 Å². The molecule has 8 heteroatoms. The molecule has 0 atom stereocenters. The fourth-order valence-corrected chi connectivity index (χ4v) is 3.25. The average molecular weight is 420 g/mol. The molecule has 1 aliphatic rings. The van der Waals surface area contributed by atoms with Gasteiger partial charge in [-0.2, -0.15) is 0 Å². The van der Waals surface area contributed by atoms with Gasteiger partial charge in [-0.05, 0) is 35.9 Å². The van der Waals surface area contributed by atoms with Crippen LogP contribution in [0.25, 0.3) is 0 Å². The molecule has 0 saturated heterocycles. The Balaban J connectivity index is 2.19. The van der Waals surface area contributed by atoms with Gasteiger partial charge in [0.2, 0.25) is 0 Å². The number of ether oxygens (including phenoxy) is 2. The van der Waals surface area contributed by atoms with E-state index < -0.39 is 29.5 Å². The van der Waals surface area contributed by atoms with Gasteiger partial charge in [-0.15, -0.1) is 0 Å². The highest BCUT2D eigenvalue weighted by Gasteiger charge is 2.35. The Kier molecular flexibility index (Phi) is 5.98. The zero-order chi connectivity index (χ0) is 21.1. The minimum atomic E-state index is -0.919. The number of carbonyl (C=O) groups excluding carboxylic acids is 2. The van der Waals surface area contributed by atoms with Gasteiger partial charge in [0.05, 0.1) is 36.3 Å². The summed E-state index contributed by atoms with van der Waals surface area (Å²) in [6.07, 6.45) is 2.86. The van der Waals surface area contributed by atoms with E-state index >= 15 is 0 Å². The van der Waals surface area contributed by atoms with Crippen molar-refractivity contribution in [3.8, 4) is 0 Å². The number of nitrogens with zero attached hydrogens (tertiary/aromatic N) is 1. The second-order valence-electron chi connectivity index (χ2n) is 6.15. The van der Waals surface area contributed by atoms with E-state index in [9.17, 15) is 18.4 Å². The van der Waals surface area contributed by atoms with Crippen molar-refractivity contribution in [2.75, 3.05) is 19.1 Å². The first kappa shape index (κ1) is 20.5. The van der Waals surface area contributed by atoms with E-state index in [0.29, 0.717) is 11.3 Å². The molecule has 3 rings (SSSR count). The van der Waals surface area contributed by atoms with Crippen LogP contribution in [-0.4, -0.2) is 26.2 Å². The van der Waals surface area contributed by atoms with Crippen molar-refractivity contribution in [1.82, 2.24) is 0 Å². The summed E-state index contributed by atoms with van der Waals surface area (Å²) < 4.78 is 37.1. The van der Waals surface area contributed by atoms with Gasteiger partial charge in [0, 0.05) is 18.1 Å².